The summed E-state index contributed by atoms with van der Waals surface area (Å²) in [4.78, 5) is 12.2. The molecule has 134 valence electrons. The minimum absolute atomic E-state index is 0.0240. The minimum Gasteiger partial charge on any atom is -0.350 e. The lowest BCUT2D eigenvalue weighted by molar-refractivity contribution is 0.0943. The average Bonchev–Trinajstić information content (AvgIpc) is 2.50. The maximum Gasteiger partial charge on any atom is 0.261 e. The van der Waals surface area contributed by atoms with Crippen LogP contribution in [-0.4, -0.2) is 20.4 Å². The Morgan fingerprint density at radius 2 is 1.72 bits per heavy atom. The van der Waals surface area contributed by atoms with E-state index in [9.17, 15) is 13.2 Å². The van der Waals surface area contributed by atoms with Crippen molar-refractivity contribution in [1.82, 2.24) is 5.32 Å². The average molecular weight is 381 g/mol. The van der Waals surface area contributed by atoms with Crippen molar-refractivity contribution < 1.29 is 13.2 Å². The molecule has 0 atom stereocenters. The van der Waals surface area contributed by atoms with Crippen LogP contribution in [0.3, 0.4) is 0 Å². The second-order valence-corrected chi connectivity index (χ2v) is 8.26. The summed E-state index contributed by atoms with van der Waals surface area (Å²) in [6, 6.07) is 9.28. The zero-order valence-corrected chi connectivity index (χ0v) is 16.1. The Hall–Kier alpha value is -2.05. The highest BCUT2D eigenvalue weighted by molar-refractivity contribution is 7.92. The number of hydrogen-bond acceptors (Lipinski definition) is 3. The first kappa shape index (κ1) is 19.3. The number of benzene rings is 2. The summed E-state index contributed by atoms with van der Waals surface area (Å²) in [6.07, 6.45) is 0. The van der Waals surface area contributed by atoms with Gasteiger partial charge >= 0.3 is 0 Å². The number of hydrogen-bond donors (Lipinski definition) is 2. The Kier molecular flexibility index (Phi) is 5.75. The molecule has 1 amide bonds. The van der Waals surface area contributed by atoms with Gasteiger partial charge in [-0.15, -0.1) is 0 Å². The summed E-state index contributed by atoms with van der Waals surface area (Å²) in [5, 5.41) is 2.90. The number of sulfonamides is 1. The van der Waals surface area contributed by atoms with Crippen LogP contribution in [0.2, 0.25) is 5.02 Å². The van der Waals surface area contributed by atoms with E-state index in [2.05, 4.69) is 10.0 Å². The number of carbonyl (C=O) groups is 1. The molecule has 0 aromatic heterocycles. The first-order valence-electron chi connectivity index (χ1n) is 7.80. The zero-order valence-electron chi connectivity index (χ0n) is 14.6. The lowest BCUT2D eigenvalue weighted by Gasteiger charge is -2.13. The van der Waals surface area contributed by atoms with Crippen LogP contribution in [-0.2, 0) is 10.0 Å². The SMILES string of the molecule is Cc1ccc(NS(=O)(=O)c2ccc(Cl)c(C(=O)NC(C)C)c2)cc1C. The lowest BCUT2D eigenvalue weighted by Crippen LogP contribution is -2.30. The van der Waals surface area contributed by atoms with Gasteiger partial charge in [-0.05, 0) is 69.2 Å². The first-order valence-corrected chi connectivity index (χ1v) is 9.67. The van der Waals surface area contributed by atoms with Crippen molar-refractivity contribution >= 4 is 33.2 Å². The van der Waals surface area contributed by atoms with Crippen LogP contribution in [0.15, 0.2) is 41.3 Å². The van der Waals surface area contributed by atoms with Gasteiger partial charge < -0.3 is 5.32 Å². The van der Waals surface area contributed by atoms with Crippen molar-refractivity contribution in [2.24, 2.45) is 0 Å². The molecule has 2 aromatic rings. The third kappa shape index (κ3) is 4.74. The fourth-order valence-corrected chi connectivity index (χ4v) is 3.48. The van der Waals surface area contributed by atoms with Crippen molar-refractivity contribution in [3.63, 3.8) is 0 Å². The fourth-order valence-electron chi connectivity index (χ4n) is 2.20. The van der Waals surface area contributed by atoms with Gasteiger partial charge in [-0.3, -0.25) is 9.52 Å². The van der Waals surface area contributed by atoms with Gasteiger partial charge in [0.1, 0.15) is 0 Å². The highest BCUT2D eigenvalue weighted by atomic mass is 35.5. The molecule has 2 N–H and O–H groups in total. The number of nitrogens with one attached hydrogen (secondary N) is 2. The van der Waals surface area contributed by atoms with Crippen LogP contribution in [0.25, 0.3) is 0 Å². The number of rotatable bonds is 5. The summed E-state index contributed by atoms with van der Waals surface area (Å²) in [6.45, 7) is 7.48. The van der Waals surface area contributed by atoms with E-state index >= 15 is 0 Å². The smallest absolute Gasteiger partial charge is 0.261 e. The molecule has 0 saturated heterocycles. The van der Waals surface area contributed by atoms with Gasteiger partial charge in [0, 0.05) is 11.7 Å². The van der Waals surface area contributed by atoms with Crippen LogP contribution < -0.4 is 10.0 Å². The van der Waals surface area contributed by atoms with Gasteiger partial charge in [-0.1, -0.05) is 17.7 Å². The molecule has 0 aliphatic carbocycles. The molecule has 0 aliphatic heterocycles. The Morgan fingerprint density at radius 3 is 2.32 bits per heavy atom. The molecule has 0 spiro atoms. The molecule has 0 heterocycles. The summed E-state index contributed by atoms with van der Waals surface area (Å²) in [7, 11) is -3.83. The third-order valence-corrected chi connectivity index (χ3v) is 5.38. The third-order valence-electron chi connectivity index (χ3n) is 3.67. The molecule has 5 nitrogen and oxygen atoms in total. The number of amides is 1. The Morgan fingerprint density at radius 1 is 1.04 bits per heavy atom. The van der Waals surface area contributed by atoms with Crippen LogP contribution in [0.4, 0.5) is 5.69 Å². The largest absolute Gasteiger partial charge is 0.350 e. The predicted molar refractivity (Wildman–Crippen MR) is 101 cm³/mol. The van der Waals surface area contributed by atoms with Crippen LogP contribution in [0.1, 0.15) is 35.3 Å². The van der Waals surface area contributed by atoms with Crippen LogP contribution in [0, 0.1) is 13.8 Å². The van der Waals surface area contributed by atoms with Gasteiger partial charge in [0.15, 0.2) is 0 Å². The molecule has 0 saturated carbocycles. The second-order valence-electron chi connectivity index (χ2n) is 6.17. The summed E-state index contributed by atoms with van der Waals surface area (Å²) >= 11 is 6.05. The van der Waals surface area contributed by atoms with E-state index in [4.69, 9.17) is 11.6 Å². The Bertz CT molecular complexity index is 909. The van der Waals surface area contributed by atoms with Crippen molar-refractivity contribution in [2.75, 3.05) is 4.72 Å². The van der Waals surface area contributed by atoms with E-state index in [1.807, 2.05) is 33.8 Å². The standard InChI is InChI=1S/C18H21ClN2O3S/c1-11(2)20-18(22)16-10-15(7-8-17(16)19)25(23,24)21-14-6-5-12(3)13(4)9-14/h5-11,21H,1-4H3,(H,20,22). The van der Waals surface area contributed by atoms with E-state index in [1.54, 1.807) is 12.1 Å². The fraction of sp³-hybridized carbons (Fsp3) is 0.278. The van der Waals surface area contributed by atoms with Gasteiger partial charge in [0.2, 0.25) is 0 Å². The zero-order chi connectivity index (χ0) is 18.8. The highest BCUT2D eigenvalue weighted by Crippen LogP contribution is 2.23. The van der Waals surface area contributed by atoms with Crippen molar-refractivity contribution in [2.45, 2.75) is 38.6 Å². The normalized spacial score (nSPS) is 11.4. The molecule has 0 fully saturated rings. The van der Waals surface area contributed by atoms with E-state index in [0.717, 1.165) is 11.1 Å². The van der Waals surface area contributed by atoms with E-state index in [0.29, 0.717) is 5.69 Å². The maximum absolute atomic E-state index is 12.6. The second kappa shape index (κ2) is 7.45. The topological polar surface area (TPSA) is 75.3 Å². The predicted octanol–water partition coefficient (Wildman–Crippen LogP) is 3.90. The maximum atomic E-state index is 12.6. The molecule has 0 aliphatic rings. The van der Waals surface area contributed by atoms with E-state index in [-0.39, 0.29) is 21.5 Å². The van der Waals surface area contributed by atoms with E-state index in [1.165, 1.54) is 18.2 Å². The summed E-state index contributed by atoms with van der Waals surface area (Å²) < 4.78 is 27.8. The quantitative estimate of drug-likeness (QED) is 0.826. The first-order chi connectivity index (χ1) is 11.6. The van der Waals surface area contributed by atoms with Crippen LogP contribution >= 0.6 is 11.6 Å². The monoisotopic (exact) mass is 380 g/mol. The van der Waals surface area contributed by atoms with Crippen LogP contribution in [0.5, 0.6) is 0 Å². The van der Waals surface area contributed by atoms with Crippen molar-refractivity contribution in [3.8, 4) is 0 Å². The van der Waals surface area contributed by atoms with Crippen molar-refractivity contribution in [3.05, 3.63) is 58.1 Å². The molecule has 0 bridgehead atoms. The summed E-state index contributed by atoms with van der Waals surface area (Å²) in [5.41, 5.74) is 2.64. The Labute approximate surface area is 153 Å². The molecular formula is C18H21ClN2O3S. The summed E-state index contributed by atoms with van der Waals surface area (Å²) in [5.74, 6) is -0.414. The molecule has 2 aromatic carbocycles. The highest BCUT2D eigenvalue weighted by Gasteiger charge is 2.19. The van der Waals surface area contributed by atoms with Gasteiger partial charge in [-0.25, -0.2) is 8.42 Å². The Balaban J connectivity index is 2.36. The molecule has 2 rings (SSSR count). The molecule has 7 heteroatoms. The van der Waals surface area contributed by atoms with Crippen molar-refractivity contribution in [1.29, 1.82) is 0 Å². The molecule has 0 radical (unpaired) electrons. The number of aryl methyl sites for hydroxylation is 2. The number of carbonyl (C=O) groups excluding carboxylic acids is 1. The number of halogens is 1. The van der Waals surface area contributed by atoms with Gasteiger partial charge in [-0.2, -0.15) is 0 Å². The van der Waals surface area contributed by atoms with Gasteiger partial charge in [0.25, 0.3) is 15.9 Å². The molecular weight excluding hydrogens is 360 g/mol. The van der Waals surface area contributed by atoms with E-state index < -0.39 is 15.9 Å². The van der Waals surface area contributed by atoms with Gasteiger partial charge in [0.05, 0.1) is 15.5 Å². The lowest BCUT2D eigenvalue weighted by atomic mass is 10.1. The molecule has 25 heavy (non-hydrogen) atoms. The molecule has 0 unspecified atom stereocenters. The number of anilines is 1. The minimum atomic E-state index is -3.83.